The Balaban J connectivity index is 1.65. The molecule has 1 N–H and O–H groups in total. The topological polar surface area (TPSA) is 98.7 Å². The molecular formula is C20H17ClN6O2S. The molecule has 3 heterocycles. The van der Waals surface area contributed by atoms with Crippen molar-refractivity contribution < 1.29 is 9.32 Å². The Morgan fingerprint density at radius 2 is 2.00 bits per heavy atom. The Hall–Kier alpha value is -3.17. The number of nitrogens with zero attached hydrogens (tertiary/aromatic N) is 5. The first-order valence-electron chi connectivity index (χ1n) is 9.00. The summed E-state index contributed by atoms with van der Waals surface area (Å²) in [7, 11) is 0. The molecule has 10 heteroatoms. The average molecular weight is 441 g/mol. The van der Waals surface area contributed by atoms with E-state index in [0.717, 1.165) is 16.8 Å². The standard InChI is InChI=1S/C20H17ClN6O2S/c1-12-10-17(26-29-12)23-18(28)11-30-20-25-24-19(14-6-8-22-9-7-14)27(20)16-5-3-4-15(21)13(16)2/h3-10H,11H2,1-2H3,(H,23,26,28). The fraction of sp³-hybridized carbons (Fsp3) is 0.150. The molecule has 0 unspecified atom stereocenters. The van der Waals surface area contributed by atoms with Crippen LogP contribution in [0, 0.1) is 13.8 Å². The largest absolute Gasteiger partial charge is 0.360 e. The number of hydrogen-bond donors (Lipinski definition) is 1. The number of halogens is 1. The molecule has 0 spiro atoms. The molecule has 1 amide bonds. The van der Waals surface area contributed by atoms with E-state index in [-0.39, 0.29) is 11.7 Å². The highest BCUT2D eigenvalue weighted by molar-refractivity contribution is 7.99. The lowest BCUT2D eigenvalue weighted by Crippen LogP contribution is -2.14. The van der Waals surface area contributed by atoms with Crippen LogP contribution in [-0.2, 0) is 4.79 Å². The van der Waals surface area contributed by atoms with Gasteiger partial charge in [-0.05, 0) is 43.7 Å². The van der Waals surface area contributed by atoms with Gasteiger partial charge in [0.2, 0.25) is 5.91 Å². The van der Waals surface area contributed by atoms with E-state index >= 15 is 0 Å². The van der Waals surface area contributed by atoms with Crippen LogP contribution in [0.3, 0.4) is 0 Å². The van der Waals surface area contributed by atoms with Gasteiger partial charge >= 0.3 is 0 Å². The molecule has 8 nitrogen and oxygen atoms in total. The number of hydrogen-bond acceptors (Lipinski definition) is 7. The highest BCUT2D eigenvalue weighted by Gasteiger charge is 2.19. The Morgan fingerprint density at radius 3 is 2.73 bits per heavy atom. The van der Waals surface area contributed by atoms with Crippen LogP contribution in [0.15, 0.2) is 58.5 Å². The fourth-order valence-corrected chi connectivity index (χ4v) is 3.76. The van der Waals surface area contributed by atoms with Gasteiger partial charge in [0.25, 0.3) is 0 Å². The van der Waals surface area contributed by atoms with Gasteiger partial charge in [0, 0.05) is 29.0 Å². The molecule has 0 radical (unpaired) electrons. The Morgan fingerprint density at radius 1 is 1.20 bits per heavy atom. The zero-order valence-electron chi connectivity index (χ0n) is 16.2. The molecule has 0 aliphatic carbocycles. The minimum atomic E-state index is -0.226. The van der Waals surface area contributed by atoms with E-state index in [0.29, 0.717) is 27.6 Å². The molecule has 3 aromatic heterocycles. The van der Waals surface area contributed by atoms with E-state index in [1.54, 1.807) is 25.4 Å². The van der Waals surface area contributed by atoms with Crippen molar-refractivity contribution in [1.82, 2.24) is 24.9 Å². The SMILES string of the molecule is Cc1cc(NC(=O)CSc2nnc(-c3ccncc3)n2-c2cccc(Cl)c2C)no1. The van der Waals surface area contributed by atoms with Gasteiger partial charge in [-0.1, -0.05) is 34.6 Å². The summed E-state index contributed by atoms with van der Waals surface area (Å²) in [5, 5.41) is 16.4. The third-order valence-corrected chi connectivity index (χ3v) is 5.62. The highest BCUT2D eigenvalue weighted by atomic mass is 35.5. The number of aryl methyl sites for hydroxylation is 1. The summed E-state index contributed by atoms with van der Waals surface area (Å²) in [5.41, 5.74) is 2.58. The molecule has 0 fully saturated rings. The Bertz CT molecular complexity index is 1190. The van der Waals surface area contributed by atoms with Crippen molar-refractivity contribution in [2.24, 2.45) is 0 Å². The normalized spacial score (nSPS) is 10.9. The Kier molecular flexibility index (Phi) is 5.82. The zero-order chi connectivity index (χ0) is 21.1. The molecule has 0 saturated carbocycles. The van der Waals surface area contributed by atoms with Crippen LogP contribution >= 0.6 is 23.4 Å². The van der Waals surface area contributed by atoms with Crippen molar-refractivity contribution in [3.05, 3.63) is 65.1 Å². The van der Waals surface area contributed by atoms with Gasteiger partial charge in [-0.15, -0.1) is 10.2 Å². The zero-order valence-corrected chi connectivity index (χ0v) is 17.7. The first-order valence-corrected chi connectivity index (χ1v) is 10.4. The maximum atomic E-state index is 12.3. The summed E-state index contributed by atoms with van der Waals surface area (Å²) < 4.78 is 6.86. The first kappa shape index (κ1) is 20.1. The first-order chi connectivity index (χ1) is 14.5. The summed E-state index contributed by atoms with van der Waals surface area (Å²) >= 11 is 7.62. The van der Waals surface area contributed by atoms with Crippen LogP contribution in [0.2, 0.25) is 5.02 Å². The third-order valence-electron chi connectivity index (χ3n) is 4.28. The van der Waals surface area contributed by atoms with E-state index < -0.39 is 0 Å². The Labute approximate surface area is 181 Å². The fourth-order valence-electron chi connectivity index (χ4n) is 2.84. The van der Waals surface area contributed by atoms with Gasteiger partial charge < -0.3 is 9.84 Å². The number of thioether (sulfide) groups is 1. The van der Waals surface area contributed by atoms with Crippen LogP contribution in [0.4, 0.5) is 5.82 Å². The molecule has 4 rings (SSSR count). The van der Waals surface area contributed by atoms with E-state index in [9.17, 15) is 4.79 Å². The molecule has 0 aliphatic heterocycles. The van der Waals surface area contributed by atoms with Crippen molar-refractivity contribution in [3.63, 3.8) is 0 Å². The van der Waals surface area contributed by atoms with Crippen molar-refractivity contribution in [1.29, 1.82) is 0 Å². The van der Waals surface area contributed by atoms with Crippen molar-refractivity contribution in [2.45, 2.75) is 19.0 Å². The number of pyridine rings is 1. The second-order valence-electron chi connectivity index (χ2n) is 6.42. The van der Waals surface area contributed by atoms with Crippen molar-refractivity contribution in [2.75, 3.05) is 11.1 Å². The van der Waals surface area contributed by atoms with Crippen molar-refractivity contribution in [3.8, 4) is 17.1 Å². The number of nitrogens with one attached hydrogen (secondary N) is 1. The number of benzene rings is 1. The summed E-state index contributed by atoms with van der Waals surface area (Å²) in [6.45, 7) is 3.69. The van der Waals surface area contributed by atoms with Crippen LogP contribution in [0.1, 0.15) is 11.3 Å². The number of amides is 1. The summed E-state index contributed by atoms with van der Waals surface area (Å²) in [6.07, 6.45) is 3.39. The number of carbonyl (C=O) groups excluding carboxylic acids is 1. The predicted molar refractivity (Wildman–Crippen MR) is 115 cm³/mol. The van der Waals surface area contributed by atoms with Gasteiger partial charge in [-0.2, -0.15) is 0 Å². The van der Waals surface area contributed by atoms with Crippen LogP contribution in [0.25, 0.3) is 17.1 Å². The number of carbonyl (C=O) groups is 1. The van der Waals surface area contributed by atoms with Gasteiger partial charge in [-0.3, -0.25) is 14.3 Å². The maximum absolute atomic E-state index is 12.3. The molecular weight excluding hydrogens is 424 g/mol. The number of aromatic nitrogens is 5. The van der Waals surface area contributed by atoms with Gasteiger partial charge in [0.1, 0.15) is 5.76 Å². The predicted octanol–water partition coefficient (Wildman–Crippen LogP) is 4.32. The molecule has 0 bridgehead atoms. The number of rotatable bonds is 6. The molecule has 152 valence electrons. The van der Waals surface area contributed by atoms with Gasteiger partial charge in [-0.25, -0.2) is 0 Å². The quantitative estimate of drug-likeness (QED) is 0.446. The monoisotopic (exact) mass is 440 g/mol. The third kappa shape index (κ3) is 4.22. The minimum Gasteiger partial charge on any atom is -0.360 e. The highest BCUT2D eigenvalue weighted by Crippen LogP contribution is 2.31. The maximum Gasteiger partial charge on any atom is 0.236 e. The lowest BCUT2D eigenvalue weighted by atomic mass is 10.2. The van der Waals surface area contributed by atoms with Crippen LogP contribution in [-0.4, -0.2) is 36.6 Å². The lowest BCUT2D eigenvalue weighted by Gasteiger charge is -2.13. The van der Waals surface area contributed by atoms with E-state index in [4.69, 9.17) is 16.1 Å². The number of anilines is 1. The lowest BCUT2D eigenvalue weighted by molar-refractivity contribution is -0.113. The van der Waals surface area contributed by atoms with Gasteiger partial charge in [0.15, 0.2) is 16.8 Å². The van der Waals surface area contributed by atoms with E-state index in [1.165, 1.54) is 11.8 Å². The van der Waals surface area contributed by atoms with Crippen LogP contribution in [0.5, 0.6) is 0 Å². The molecule has 0 atom stereocenters. The summed E-state index contributed by atoms with van der Waals surface area (Å²) in [4.78, 5) is 16.4. The molecule has 0 aliphatic rings. The minimum absolute atomic E-state index is 0.125. The van der Waals surface area contributed by atoms with E-state index in [1.807, 2.05) is 41.8 Å². The summed E-state index contributed by atoms with van der Waals surface area (Å²) in [6, 6.07) is 11.0. The molecule has 4 aromatic rings. The van der Waals surface area contributed by atoms with Gasteiger partial charge in [0.05, 0.1) is 11.4 Å². The molecule has 30 heavy (non-hydrogen) atoms. The summed E-state index contributed by atoms with van der Waals surface area (Å²) in [5.74, 6) is 1.53. The van der Waals surface area contributed by atoms with Crippen LogP contribution < -0.4 is 5.32 Å². The average Bonchev–Trinajstić information content (AvgIpc) is 3.35. The second kappa shape index (κ2) is 8.68. The van der Waals surface area contributed by atoms with E-state index in [2.05, 4.69) is 25.7 Å². The van der Waals surface area contributed by atoms with Crippen molar-refractivity contribution >= 4 is 35.1 Å². The molecule has 1 aromatic carbocycles. The smallest absolute Gasteiger partial charge is 0.236 e. The molecule has 0 saturated heterocycles. The second-order valence-corrected chi connectivity index (χ2v) is 7.77.